The lowest BCUT2D eigenvalue weighted by Crippen LogP contribution is -2.48. The van der Waals surface area contributed by atoms with Gasteiger partial charge in [-0.15, -0.1) is 0 Å². The molecule has 0 saturated carbocycles. The van der Waals surface area contributed by atoms with Crippen molar-refractivity contribution in [3.05, 3.63) is 34.9 Å². The normalized spacial score (nSPS) is 18.2. The molecule has 1 aliphatic rings. The first-order chi connectivity index (χ1) is 11.6. The predicted molar refractivity (Wildman–Crippen MR) is 97.6 cm³/mol. The van der Waals surface area contributed by atoms with E-state index in [0.717, 1.165) is 18.8 Å². The van der Waals surface area contributed by atoms with Gasteiger partial charge in [-0.1, -0.05) is 23.7 Å². The average molecular weight is 371 g/mol. The van der Waals surface area contributed by atoms with Crippen molar-refractivity contribution in [3.63, 3.8) is 0 Å². The van der Waals surface area contributed by atoms with Crippen LogP contribution in [0.4, 0.5) is 0 Å². The van der Waals surface area contributed by atoms with Crippen LogP contribution in [-0.4, -0.2) is 49.6 Å². The summed E-state index contributed by atoms with van der Waals surface area (Å²) in [6.07, 6.45) is 3.51. The summed E-state index contributed by atoms with van der Waals surface area (Å²) < 4.78 is 5.31. The standard InChI is InChI=1S/C17H23ClN2O3S/c1-24-9-7-15(17(22)19-10-12-6-8-23-11-12)20-16(21)13-4-2-3-5-14(13)18/h2-5,12,15H,6-11H2,1H3,(H,19,22)(H,20,21)/t12-,15-/m1/s1. The maximum Gasteiger partial charge on any atom is 0.253 e. The number of nitrogens with one attached hydrogen (secondary N) is 2. The van der Waals surface area contributed by atoms with Crippen molar-refractivity contribution in [2.24, 2.45) is 5.92 Å². The Hall–Kier alpha value is -1.24. The fourth-order valence-corrected chi connectivity index (χ4v) is 3.19. The maximum absolute atomic E-state index is 12.4. The molecule has 5 nitrogen and oxygen atoms in total. The number of ether oxygens (including phenoxy) is 1. The van der Waals surface area contributed by atoms with Gasteiger partial charge in [0.1, 0.15) is 6.04 Å². The number of hydrogen-bond acceptors (Lipinski definition) is 4. The van der Waals surface area contributed by atoms with Crippen LogP contribution >= 0.6 is 23.4 Å². The minimum Gasteiger partial charge on any atom is -0.381 e. The van der Waals surface area contributed by atoms with Crippen LogP contribution in [0.3, 0.4) is 0 Å². The van der Waals surface area contributed by atoms with E-state index in [-0.39, 0.29) is 11.8 Å². The van der Waals surface area contributed by atoms with Crippen LogP contribution in [-0.2, 0) is 9.53 Å². The molecule has 1 aromatic carbocycles. The van der Waals surface area contributed by atoms with Gasteiger partial charge >= 0.3 is 0 Å². The van der Waals surface area contributed by atoms with Crippen LogP contribution in [0.2, 0.25) is 5.02 Å². The molecule has 2 rings (SSSR count). The Morgan fingerprint density at radius 1 is 1.42 bits per heavy atom. The molecule has 132 valence electrons. The zero-order valence-corrected chi connectivity index (χ0v) is 15.3. The van der Waals surface area contributed by atoms with Crippen LogP contribution < -0.4 is 10.6 Å². The highest BCUT2D eigenvalue weighted by Gasteiger charge is 2.23. The Morgan fingerprint density at radius 2 is 2.21 bits per heavy atom. The number of hydrogen-bond donors (Lipinski definition) is 2. The van der Waals surface area contributed by atoms with Crippen molar-refractivity contribution in [2.45, 2.75) is 18.9 Å². The van der Waals surface area contributed by atoms with E-state index >= 15 is 0 Å². The molecule has 0 bridgehead atoms. The van der Waals surface area contributed by atoms with E-state index in [0.29, 0.717) is 36.1 Å². The monoisotopic (exact) mass is 370 g/mol. The highest BCUT2D eigenvalue weighted by Crippen LogP contribution is 2.15. The second-order valence-corrected chi connectivity index (χ2v) is 7.15. The van der Waals surface area contributed by atoms with Crippen molar-refractivity contribution < 1.29 is 14.3 Å². The second kappa shape index (κ2) is 9.91. The molecule has 1 saturated heterocycles. The minimum absolute atomic E-state index is 0.156. The average Bonchev–Trinajstić information content (AvgIpc) is 3.10. The van der Waals surface area contributed by atoms with Crippen LogP contribution in [0, 0.1) is 5.92 Å². The first kappa shape index (κ1) is 19.1. The SMILES string of the molecule is CSCC[C@@H](NC(=O)c1ccccc1Cl)C(=O)NC[C@H]1CCOC1. The molecular weight excluding hydrogens is 348 g/mol. The first-order valence-corrected chi connectivity index (χ1v) is 9.78. The molecule has 0 aliphatic carbocycles. The number of carbonyl (C=O) groups excluding carboxylic acids is 2. The summed E-state index contributed by atoms with van der Waals surface area (Å²) in [6, 6.07) is 6.26. The van der Waals surface area contributed by atoms with Gasteiger partial charge in [-0.25, -0.2) is 0 Å². The van der Waals surface area contributed by atoms with Gasteiger partial charge in [0.25, 0.3) is 5.91 Å². The van der Waals surface area contributed by atoms with Crippen molar-refractivity contribution in [2.75, 3.05) is 31.8 Å². The molecule has 0 aromatic heterocycles. The quantitative estimate of drug-likeness (QED) is 0.737. The first-order valence-electron chi connectivity index (χ1n) is 8.01. The number of halogens is 1. The van der Waals surface area contributed by atoms with Gasteiger partial charge in [-0.2, -0.15) is 11.8 Å². The molecule has 24 heavy (non-hydrogen) atoms. The molecule has 7 heteroatoms. The molecule has 2 N–H and O–H groups in total. The van der Waals surface area contributed by atoms with E-state index in [1.54, 1.807) is 36.0 Å². The van der Waals surface area contributed by atoms with Crippen LogP contribution in [0.5, 0.6) is 0 Å². The highest BCUT2D eigenvalue weighted by molar-refractivity contribution is 7.98. The molecule has 0 spiro atoms. The zero-order valence-electron chi connectivity index (χ0n) is 13.7. The van der Waals surface area contributed by atoms with Crippen molar-refractivity contribution in [1.82, 2.24) is 10.6 Å². The van der Waals surface area contributed by atoms with E-state index in [1.165, 1.54) is 0 Å². The fraction of sp³-hybridized carbons (Fsp3) is 0.529. The smallest absolute Gasteiger partial charge is 0.253 e. The second-order valence-electron chi connectivity index (χ2n) is 5.76. The summed E-state index contributed by atoms with van der Waals surface area (Å²) in [5.74, 6) is 0.657. The third kappa shape index (κ3) is 5.69. The Kier molecular flexibility index (Phi) is 7.88. The fourth-order valence-electron chi connectivity index (χ4n) is 2.50. The lowest BCUT2D eigenvalue weighted by atomic mass is 10.1. The largest absolute Gasteiger partial charge is 0.381 e. The molecule has 2 amide bonds. The third-order valence-corrected chi connectivity index (χ3v) is 4.91. The van der Waals surface area contributed by atoms with E-state index in [2.05, 4.69) is 10.6 Å². The molecule has 0 unspecified atom stereocenters. The lowest BCUT2D eigenvalue weighted by molar-refractivity contribution is -0.123. The predicted octanol–water partition coefficient (Wildman–Crippen LogP) is 2.34. The third-order valence-electron chi connectivity index (χ3n) is 3.94. The highest BCUT2D eigenvalue weighted by atomic mass is 35.5. The summed E-state index contributed by atoms with van der Waals surface area (Å²) in [7, 11) is 0. The summed E-state index contributed by atoms with van der Waals surface area (Å²) >= 11 is 7.69. The number of thioether (sulfide) groups is 1. The molecule has 1 aromatic rings. The van der Waals surface area contributed by atoms with Gasteiger partial charge in [0.2, 0.25) is 5.91 Å². The van der Waals surface area contributed by atoms with Gasteiger partial charge < -0.3 is 15.4 Å². The van der Waals surface area contributed by atoms with E-state index in [1.807, 2.05) is 6.26 Å². The summed E-state index contributed by atoms with van der Waals surface area (Å²) in [5, 5.41) is 6.11. The number of rotatable bonds is 8. The lowest BCUT2D eigenvalue weighted by Gasteiger charge is -2.19. The Labute approximate surface area is 151 Å². The summed E-state index contributed by atoms with van der Waals surface area (Å²) in [5.41, 5.74) is 0.380. The molecular formula is C17H23ClN2O3S. The van der Waals surface area contributed by atoms with E-state index < -0.39 is 6.04 Å². The van der Waals surface area contributed by atoms with E-state index in [9.17, 15) is 9.59 Å². The van der Waals surface area contributed by atoms with Gasteiger partial charge in [-0.05, 0) is 37.0 Å². The van der Waals surface area contributed by atoms with Crippen LogP contribution in [0.15, 0.2) is 24.3 Å². The van der Waals surface area contributed by atoms with Gasteiger partial charge in [0, 0.05) is 19.1 Å². The molecule has 1 fully saturated rings. The Morgan fingerprint density at radius 3 is 2.88 bits per heavy atom. The van der Waals surface area contributed by atoms with Gasteiger partial charge in [-0.3, -0.25) is 9.59 Å². The van der Waals surface area contributed by atoms with Crippen molar-refractivity contribution in [1.29, 1.82) is 0 Å². The van der Waals surface area contributed by atoms with Gasteiger partial charge in [0.15, 0.2) is 0 Å². The van der Waals surface area contributed by atoms with E-state index in [4.69, 9.17) is 16.3 Å². The molecule has 0 radical (unpaired) electrons. The van der Waals surface area contributed by atoms with Crippen LogP contribution in [0.25, 0.3) is 0 Å². The maximum atomic E-state index is 12.4. The number of carbonyl (C=O) groups is 2. The van der Waals surface area contributed by atoms with Crippen molar-refractivity contribution in [3.8, 4) is 0 Å². The van der Waals surface area contributed by atoms with Crippen LogP contribution in [0.1, 0.15) is 23.2 Å². The Bertz CT molecular complexity index is 565. The summed E-state index contributed by atoms with van der Waals surface area (Å²) in [6.45, 7) is 2.01. The molecule has 1 heterocycles. The number of benzene rings is 1. The molecule has 2 atom stereocenters. The van der Waals surface area contributed by atoms with Crippen molar-refractivity contribution >= 4 is 35.2 Å². The zero-order chi connectivity index (χ0) is 17.4. The topological polar surface area (TPSA) is 67.4 Å². The number of amides is 2. The summed E-state index contributed by atoms with van der Waals surface area (Å²) in [4.78, 5) is 24.9. The minimum atomic E-state index is -0.566. The molecule has 1 aliphatic heterocycles. The Balaban J connectivity index is 1.94. The van der Waals surface area contributed by atoms with Gasteiger partial charge in [0.05, 0.1) is 17.2 Å².